The lowest BCUT2D eigenvalue weighted by Crippen LogP contribution is -2.09. The van der Waals surface area contributed by atoms with E-state index in [9.17, 15) is 4.79 Å². The van der Waals surface area contributed by atoms with Crippen molar-refractivity contribution in [2.24, 2.45) is 0 Å². The normalized spacial score (nSPS) is 9.14. The predicted octanol–water partition coefficient (Wildman–Crippen LogP) is 1.86. The molecule has 0 spiro atoms. The third-order valence-electron chi connectivity index (χ3n) is 1.67. The number of nitrogens with zero attached hydrogens (tertiary/aromatic N) is 1. The SMILES string of the molecule is Cc1cccc(OCC(=O)CC#N)c1. The molecule has 72 valence electrons. The molecule has 1 aromatic carbocycles. The van der Waals surface area contributed by atoms with Crippen molar-refractivity contribution in [3.8, 4) is 11.8 Å². The lowest BCUT2D eigenvalue weighted by Gasteiger charge is -2.04. The molecule has 0 N–H and O–H groups in total. The summed E-state index contributed by atoms with van der Waals surface area (Å²) in [6.07, 6.45) is -0.0915. The van der Waals surface area contributed by atoms with Gasteiger partial charge in [-0.2, -0.15) is 5.26 Å². The highest BCUT2D eigenvalue weighted by molar-refractivity contribution is 5.81. The molecule has 0 unspecified atom stereocenters. The standard InChI is InChI=1S/C11H11NO2/c1-9-3-2-4-11(7-9)14-8-10(13)5-6-12/h2-4,7H,5,8H2,1H3. The Morgan fingerprint density at radius 3 is 3.00 bits per heavy atom. The summed E-state index contributed by atoms with van der Waals surface area (Å²) in [5.74, 6) is 0.463. The van der Waals surface area contributed by atoms with Gasteiger partial charge in [0, 0.05) is 0 Å². The van der Waals surface area contributed by atoms with E-state index in [0.717, 1.165) is 5.56 Å². The summed E-state index contributed by atoms with van der Waals surface area (Å²) in [7, 11) is 0. The lowest BCUT2D eigenvalue weighted by atomic mass is 10.2. The van der Waals surface area contributed by atoms with Crippen LogP contribution in [0.3, 0.4) is 0 Å². The molecular weight excluding hydrogens is 178 g/mol. The van der Waals surface area contributed by atoms with Gasteiger partial charge in [-0.25, -0.2) is 0 Å². The van der Waals surface area contributed by atoms with Crippen LogP contribution in [-0.2, 0) is 4.79 Å². The monoisotopic (exact) mass is 189 g/mol. The molecule has 0 radical (unpaired) electrons. The van der Waals surface area contributed by atoms with Crippen LogP contribution in [0.2, 0.25) is 0 Å². The van der Waals surface area contributed by atoms with Crippen molar-refractivity contribution in [3.05, 3.63) is 29.8 Å². The molecule has 0 aromatic heterocycles. The van der Waals surface area contributed by atoms with E-state index in [1.165, 1.54) is 0 Å². The smallest absolute Gasteiger partial charge is 0.184 e. The Labute approximate surface area is 82.9 Å². The number of rotatable bonds is 4. The molecule has 0 aliphatic heterocycles. The Morgan fingerprint density at radius 1 is 1.57 bits per heavy atom. The van der Waals surface area contributed by atoms with Crippen molar-refractivity contribution in [1.29, 1.82) is 5.26 Å². The van der Waals surface area contributed by atoms with Crippen LogP contribution in [0.1, 0.15) is 12.0 Å². The Bertz CT molecular complexity index is 366. The van der Waals surface area contributed by atoms with Gasteiger partial charge >= 0.3 is 0 Å². The molecule has 1 aromatic rings. The van der Waals surface area contributed by atoms with Crippen LogP contribution in [0.4, 0.5) is 0 Å². The molecule has 0 amide bonds. The number of aryl methyl sites for hydroxylation is 1. The second-order valence-corrected chi connectivity index (χ2v) is 2.98. The third kappa shape index (κ3) is 3.28. The van der Waals surface area contributed by atoms with Gasteiger partial charge in [0.25, 0.3) is 0 Å². The van der Waals surface area contributed by atoms with E-state index in [-0.39, 0.29) is 18.8 Å². The molecule has 0 saturated heterocycles. The fourth-order valence-electron chi connectivity index (χ4n) is 1.01. The van der Waals surface area contributed by atoms with E-state index in [4.69, 9.17) is 10.00 Å². The van der Waals surface area contributed by atoms with E-state index >= 15 is 0 Å². The first-order chi connectivity index (χ1) is 6.72. The van der Waals surface area contributed by atoms with Crippen molar-refractivity contribution in [1.82, 2.24) is 0 Å². The van der Waals surface area contributed by atoms with E-state index in [0.29, 0.717) is 5.75 Å². The van der Waals surface area contributed by atoms with E-state index in [2.05, 4.69) is 0 Å². The maximum absolute atomic E-state index is 11.0. The zero-order valence-corrected chi connectivity index (χ0v) is 7.99. The van der Waals surface area contributed by atoms with Gasteiger partial charge in [0.2, 0.25) is 0 Å². The summed E-state index contributed by atoms with van der Waals surface area (Å²) in [5, 5.41) is 8.25. The van der Waals surface area contributed by atoms with Gasteiger partial charge in [-0.05, 0) is 24.6 Å². The molecule has 0 bridgehead atoms. The predicted molar refractivity (Wildman–Crippen MR) is 51.9 cm³/mol. The first-order valence-corrected chi connectivity index (χ1v) is 4.30. The Morgan fingerprint density at radius 2 is 2.36 bits per heavy atom. The van der Waals surface area contributed by atoms with Crippen LogP contribution in [-0.4, -0.2) is 12.4 Å². The molecule has 3 nitrogen and oxygen atoms in total. The maximum Gasteiger partial charge on any atom is 0.184 e. The number of benzene rings is 1. The zero-order valence-electron chi connectivity index (χ0n) is 7.99. The third-order valence-corrected chi connectivity index (χ3v) is 1.67. The van der Waals surface area contributed by atoms with Crippen molar-refractivity contribution in [3.63, 3.8) is 0 Å². The Kier molecular flexibility index (Phi) is 3.69. The summed E-state index contributed by atoms with van der Waals surface area (Å²) in [6.45, 7) is 1.92. The van der Waals surface area contributed by atoms with E-state index in [1.807, 2.05) is 25.1 Å². The number of carbonyl (C=O) groups is 1. The highest BCUT2D eigenvalue weighted by atomic mass is 16.5. The lowest BCUT2D eigenvalue weighted by molar-refractivity contribution is -0.120. The van der Waals surface area contributed by atoms with Gasteiger partial charge < -0.3 is 4.74 Å². The molecule has 0 fully saturated rings. The highest BCUT2D eigenvalue weighted by Crippen LogP contribution is 2.12. The van der Waals surface area contributed by atoms with Crippen molar-refractivity contribution in [2.45, 2.75) is 13.3 Å². The van der Waals surface area contributed by atoms with Crippen molar-refractivity contribution >= 4 is 5.78 Å². The summed E-state index contributed by atoms with van der Waals surface area (Å²) in [6, 6.07) is 9.23. The molecule has 0 heterocycles. The molecular formula is C11H11NO2. The van der Waals surface area contributed by atoms with Crippen LogP contribution in [0.5, 0.6) is 5.75 Å². The summed E-state index contributed by atoms with van der Waals surface area (Å²) in [5.41, 5.74) is 1.08. The topological polar surface area (TPSA) is 50.1 Å². The van der Waals surface area contributed by atoms with Crippen LogP contribution in [0.25, 0.3) is 0 Å². The maximum atomic E-state index is 11.0. The molecule has 1 rings (SSSR count). The number of carbonyl (C=O) groups excluding carboxylic acids is 1. The molecule has 0 aliphatic carbocycles. The average Bonchev–Trinajstić information content (AvgIpc) is 2.15. The second kappa shape index (κ2) is 5.03. The number of ketones is 1. The van der Waals surface area contributed by atoms with Gasteiger partial charge in [0.15, 0.2) is 5.78 Å². The Hall–Kier alpha value is -1.82. The van der Waals surface area contributed by atoms with Gasteiger partial charge in [-0.1, -0.05) is 12.1 Å². The number of hydrogen-bond acceptors (Lipinski definition) is 3. The first-order valence-electron chi connectivity index (χ1n) is 4.30. The first kappa shape index (κ1) is 10.3. The largest absolute Gasteiger partial charge is 0.486 e. The fourth-order valence-corrected chi connectivity index (χ4v) is 1.01. The van der Waals surface area contributed by atoms with Crippen LogP contribution >= 0.6 is 0 Å². The van der Waals surface area contributed by atoms with Crippen molar-refractivity contribution in [2.75, 3.05) is 6.61 Å². The quantitative estimate of drug-likeness (QED) is 0.726. The number of hydrogen-bond donors (Lipinski definition) is 0. The minimum absolute atomic E-state index is 0.0307. The molecule has 14 heavy (non-hydrogen) atoms. The second-order valence-electron chi connectivity index (χ2n) is 2.98. The van der Waals surface area contributed by atoms with Crippen LogP contribution < -0.4 is 4.74 Å². The van der Waals surface area contributed by atoms with Crippen molar-refractivity contribution < 1.29 is 9.53 Å². The molecule has 3 heteroatoms. The minimum Gasteiger partial charge on any atom is -0.486 e. The number of nitriles is 1. The molecule has 0 atom stereocenters. The molecule has 0 saturated carbocycles. The van der Waals surface area contributed by atoms with Crippen LogP contribution in [0.15, 0.2) is 24.3 Å². The summed E-state index contributed by atoms with van der Waals surface area (Å²) in [4.78, 5) is 11.0. The number of Topliss-reactive ketones (excluding diaryl/α,β-unsaturated/α-hetero) is 1. The fraction of sp³-hybridized carbons (Fsp3) is 0.273. The zero-order chi connectivity index (χ0) is 10.4. The van der Waals surface area contributed by atoms with Gasteiger partial charge in [-0.15, -0.1) is 0 Å². The van der Waals surface area contributed by atoms with Gasteiger partial charge in [-0.3, -0.25) is 4.79 Å². The highest BCUT2D eigenvalue weighted by Gasteiger charge is 2.01. The Balaban J connectivity index is 2.46. The van der Waals surface area contributed by atoms with E-state index in [1.54, 1.807) is 12.1 Å². The summed E-state index contributed by atoms with van der Waals surface area (Å²) < 4.78 is 5.20. The van der Waals surface area contributed by atoms with E-state index < -0.39 is 0 Å². The summed E-state index contributed by atoms with van der Waals surface area (Å²) >= 11 is 0. The van der Waals surface area contributed by atoms with Gasteiger partial charge in [0.05, 0.1) is 12.5 Å². The average molecular weight is 189 g/mol. The molecule has 0 aliphatic rings. The van der Waals surface area contributed by atoms with Crippen LogP contribution in [0, 0.1) is 18.3 Å². The number of ether oxygens (including phenoxy) is 1. The van der Waals surface area contributed by atoms with Gasteiger partial charge in [0.1, 0.15) is 12.4 Å². The minimum atomic E-state index is -0.200.